The Bertz CT molecular complexity index is 526. The van der Waals surface area contributed by atoms with E-state index < -0.39 is 16.5 Å². The van der Waals surface area contributed by atoms with Crippen molar-refractivity contribution in [2.45, 2.75) is 0 Å². The normalized spacial score (nSPS) is 9.29. The van der Waals surface area contributed by atoms with Gasteiger partial charge in [0.2, 0.25) is 5.95 Å². The third kappa shape index (κ3) is 3.98. The van der Waals surface area contributed by atoms with Crippen LogP contribution in [-0.4, -0.2) is 43.6 Å². The Hall–Kier alpha value is -2.30. The smallest absolute Gasteiger partial charge is 0.362 e. The van der Waals surface area contributed by atoms with Gasteiger partial charge in [-0.15, -0.1) is 4.98 Å². The minimum atomic E-state index is -2.85. The first-order chi connectivity index (χ1) is 8.05. The molecule has 0 atom stereocenters. The van der Waals surface area contributed by atoms with Crippen LogP contribution in [0.25, 0.3) is 0 Å². The summed E-state index contributed by atoms with van der Waals surface area (Å²) in [4.78, 5) is 21.9. The molecule has 0 bridgehead atoms. The molecule has 17 heavy (non-hydrogen) atoms. The van der Waals surface area contributed by atoms with E-state index in [4.69, 9.17) is 9.47 Å². The second kappa shape index (κ2) is 5.69. The lowest BCUT2D eigenvalue weighted by molar-refractivity contribution is 0.259. The molecule has 0 spiro atoms. The van der Waals surface area contributed by atoms with E-state index >= 15 is 0 Å². The summed E-state index contributed by atoms with van der Waals surface area (Å²) in [5, 5.41) is 2.00. The molecule has 0 radical (unpaired) electrons. The Labute approximate surface area is 96.7 Å². The van der Waals surface area contributed by atoms with E-state index in [9.17, 15) is 13.2 Å². The van der Waals surface area contributed by atoms with E-state index in [1.807, 2.05) is 5.32 Å². The fourth-order valence-corrected chi connectivity index (χ4v) is 0.944. The number of hydrogen-bond acceptors (Lipinski definition) is 8. The van der Waals surface area contributed by atoms with Gasteiger partial charge in [0.25, 0.3) is 0 Å². The second-order valence-corrected chi connectivity index (χ2v) is 2.99. The van der Waals surface area contributed by atoms with Crippen molar-refractivity contribution in [3.8, 4) is 12.0 Å². The lowest BCUT2D eigenvalue weighted by Crippen LogP contribution is -2.11. The summed E-state index contributed by atoms with van der Waals surface area (Å²) in [6, 6.07) is -1.35. The Morgan fingerprint density at radius 3 is 2.12 bits per heavy atom. The fourth-order valence-electron chi connectivity index (χ4n) is 0.763. The minimum Gasteiger partial charge on any atom is -0.467 e. The molecule has 0 aliphatic heterocycles. The quantitative estimate of drug-likeness (QED) is 0.768. The maximum atomic E-state index is 11.0. The van der Waals surface area contributed by atoms with Gasteiger partial charge in [-0.25, -0.2) is 4.79 Å². The number of nitrogens with one attached hydrogen (secondary N) is 1. The van der Waals surface area contributed by atoms with Crippen LogP contribution in [0.4, 0.5) is 10.7 Å². The molecular formula is C6H7N5O5S. The number of rotatable bonds is 3. The SMILES string of the molecule is COc1nc(NC(=O)N=S(=O)=O)nc(OC)n1. The highest BCUT2D eigenvalue weighted by Gasteiger charge is 2.09. The lowest BCUT2D eigenvalue weighted by atomic mass is 10.8. The number of carbonyl (C=O) groups is 1. The standard InChI is InChI=1S/C6H7N5O5S/c1-15-5-8-3(9-6(10-5)16-2)7-4(12)11-17(13)14/h1-2H3,(H,7,8,9,10,12). The molecule has 0 saturated carbocycles. The molecule has 92 valence electrons. The van der Waals surface area contributed by atoms with Crippen LogP contribution in [0.3, 0.4) is 0 Å². The van der Waals surface area contributed by atoms with Gasteiger partial charge < -0.3 is 9.47 Å². The number of amides is 2. The van der Waals surface area contributed by atoms with E-state index in [1.54, 1.807) is 0 Å². The van der Waals surface area contributed by atoms with Gasteiger partial charge in [-0.2, -0.15) is 18.4 Å². The Morgan fingerprint density at radius 1 is 1.18 bits per heavy atom. The van der Waals surface area contributed by atoms with Crippen molar-refractivity contribution in [3.05, 3.63) is 0 Å². The summed E-state index contributed by atoms with van der Waals surface area (Å²) in [5.74, 6) is -0.243. The zero-order chi connectivity index (χ0) is 12.8. The van der Waals surface area contributed by atoms with Gasteiger partial charge in [0.1, 0.15) is 0 Å². The van der Waals surface area contributed by atoms with Crippen LogP contribution in [-0.2, 0) is 10.5 Å². The van der Waals surface area contributed by atoms with E-state index in [-0.39, 0.29) is 18.0 Å². The highest BCUT2D eigenvalue weighted by Crippen LogP contribution is 2.11. The number of methoxy groups -OCH3 is 2. The largest absolute Gasteiger partial charge is 0.467 e. The van der Waals surface area contributed by atoms with Crippen molar-refractivity contribution < 1.29 is 22.7 Å². The molecule has 10 nitrogen and oxygen atoms in total. The number of hydrogen-bond donors (Lipinski definition) is 1. The molecule has 0 saturated heterocycles. The minimum absolute atomic E-state index is 0.101. The van der Waals surface area contributed by atoms with Gasteiger partial charge in [-0.1, -0.05) is 4.36 Å². The van der Waals surface area contributed by atoms with Gasteiger partial charge in [0.05, 0.1) is 14.2 Å². The average Bonchev–Trinajstić information content (AvgIpc) is 2.27. The highest BCUT2D eigenvalue weighted by molar-refractivity contribution is 7.62. The number of aromatic nitrogens is 3. The molecule has 1 aromatic rings. The molecule has 2 amide bonds. The van der Waals surface area contributed by atoms with Gasteiger partial charge >= 0.3 is 28.6 Å². The molecule has 0 unspecified atom stereocenters. The number of ether oxygens (including phenoxy) is 2. The maximum Gasteiger partial charge on any atom is 0.362 e. The average molecular weight is 261 g/mol. The first kappa shape index (κ1) is 12.8. The number of urea groups is 1. The van der Waals surface area contributed by atoms with E-state index in [1.165, 1.54) is 14.2 Å². The maximum absolute atomic E-state index is 11.0. The van der Waals surface area contributed by atoms with Crippen LogP contribution in [0.15, 0.2) is 4.36 Å². The summed E-state index contributed by atoms with van der Waals surface area (Å²) < 4.78 is 32.3. The van der Waals surface area contributed by atoms with Crippen LogP contribution in [0.2, 0.25) is 0 Å². The van der Waals surface area contributed by atoms with Gasteiger partial charge in [0.15, 0.2) is 0 Å². The van der Waals surface area contributed by atoms with Crippen molar-refractivity contribution in [1.29, 1.82) is 0 Å². The molecule has 0 fully saturated rings. The van der Waals surface area contributed by atoms with Crippen LogP contribution in [0.1, 0.15) is 0 Å². The molecule has 1 aromatic heterocycles. The van der Waals surface area contributed by atoms with Gasteiger partial charge in [0, 0.05) is 0 Å². The summed E-state index contributed by atoms with van der Waals surface area (Å²) >= 11 is 0. The number of nitrogens with zero attached hydrogens (tertiary/aromatic N) is 4. The van der Waals surface area contributed by atoms with Crippen LogP contribution in [0, 0.1) is 0 Å². The predicted molar refractivity (Wildman–Crippen MR) is 53.3 cm³/mol. The molecule has 0 aromatic carbocycles. The monoisotopic (exact) mass is 261 g/mol. The first-order valence-electron chi connectivity index (χ1n) is 4.01. The zero-order valence-electron chi connectivity index (χ0n) is 8.74. The van der Waals surface area contributed by atoms with Crippen molar-refractivity contribution in [2.75, 3.05) is 19.5 Å². The van der Waals surface area contributed by atoms with Gasteiger partial charge in [-0.05, 0) is 0 Å². The fraction of sp³-hybridized carbons (Fsp3) is 0.333. The van der Waals surface area contributed by atoms with Crippen molar-refractivity contribution in [2.24, 2.45) is 4.36 Å². The third-order valence-corrected chi connectivity index (χ3v) is 1.65. The van der Waals surface area contributed by atoms with Gasteiger partial charge in [-0.3, -0.25) is 5.32 Å². The summed E-state index contributed by atoms with van der Waals surface area (Å²) in [6.07, 6.45) is 0. The lowest BCUT2D eigenvalue weighted by Gasteiger charge is -2.03. The summed E-state index contributed by atoms with van der Waals surface area (Å²) in [7, 11) is -0.248. The summed E-state index contributed by atoms with van der Waals surface area (Å²) in [5.41, 5.74) is 0. The predicted octanol–water partition coefficient (Wildman–Crippen LogP) is -0.517. The second-order valence-electron chi connectivity index (χ2n) is 2.37. The topological polar surface area (TPSA) is 133 Å². The van der Waals surface area contributed by atoms with Crippen LogP contribution >= 0.6 is 0 Å². The molecular weight excluding hydrogens is 254 g/mol. The zero-order valence-corrected chi connectivity index (χ0v) is 9.55. The Morgan fingerprint density at radius 2 is 1.71 bits per heavy atom. The Kier molecular flexibility index (Phi) is 4.28. The molecule has 1 N–H and O–H groups in total. The number of carbonyl (C=O) groups excluding carboxylic acids is 1. The molecule has 1 rings (SSSR count). The van der Waals surface area contributed by atoms with E-state index in [0.29, 0.717) is 0 Å². The molecule has 11 heteroatoms. The molecule has 0 aliphatic rings. The van der Waals surface area contributed by atoms with Crippen LogP contribution < -0.4 is 14.8 Å². The third-order valence-electron chi connectivity index (χ3n) is 1.34. The van der Waals surface area contributed by atoms with Crippen LogP contribution in [0.5, 0.6) is 12.0 Å². The first-order valence-corrected chi connectivity index (χ1v) is 5.04. The van der Waals surface area contributed by atoms with Crippen molar-refractivity contribution >= 4 is 22.5 Å². The summed E-state index contributed by atoms with van der Waals surface area (Å²) in [6.45, 7) is 0. The Balaban J connectivity index is 2.98. The van der Waals surface area contributed by atoms with Crippen molar-refractivity contribution in [1.82, 2.24) is 15.0 Å². The molecule has 0 aliphatic carbocycles. The number of anilines is 1. The highest BCUT2D eigenvalue weighted by atomic mass is 32.2. The van der Waals surface area contributed by atoms with Crippen molar-refractivity contribution in [3.63, 3.8) is 0 Å². The molecule has 1 heterocycles. The van der Waals surface area contributed by atoms with E-state index in [0.717, 1.165) is 0 Å². The van der Waals surface area contributed by atoms with E-state index in [2.05, 4.69) is 19.3 Å².